The molecule has 1 aliphatic heterocycles. The molecule has 0 aromatic carbocycles. The van der Waals surface area contributed by atoms with Gasteiger partial charge in [-0.2, -0.15) is 0 Å². The molecular formula is C17H24N6. The highest BCUT2D eigenvalue weighted by atomic mass is 15.2. The van der Waals surface area contributed by atoms with Crippen LogP contribution in [0.3, 0.4) is 0 Å². The zero-order valence-corrected chi connectivity index (χ0v) is 14.3. The molecule has 3 heterocycles. The van der Waals surface area contributed by atoms with Gasteiger partial charge in [-0.3, -0.25) is 0 Å². The van der Waals surface area contributed by atoms with Crippen LogP contribution in [0.1, 0.15) is 35.7 Å². The molecule has 0 atom stereocenters. The molecule has 1 fully saturated rings. The second kappa shape index (κ2) is 6.48. The Morgan fingerprint density at radius 3 is 2.09 bits per heavy atom. The first-order valence-electron chi connectivity index (χ1n) is 8.15. The molecule has 0 spiro atoms. The predicted molar refractivity (Wildman–Crippen MR) is 91.9 cm³/mol. The van der Waals surface area contributed by atoms with E-state index >= 15 is 0 Å². The Morgan fingerprint density at radius 2 is 1.48 bits per heavy atom. The molecule has 122 valence electrons. The van der Waals surface area contributed by atoms with Crippen LogP contribution in [0.25, 0.3) is 0 Å². The lowest BCUT2D eigenvalue weighted by molar-refractivity contribution is 0.520. The standard InChI is InChI=1S/C17H24N6/c1-11-9-12(2)20-17(19-11)22-15-5-7-23(8-6-15)16-10-13(3)18-14(4)21-16/h9-10,15H,5-8H2,1-4H3,(H,19,20,22). The topological polar surface area (TPSA) is 66.8 Å². The van der Waals surface area contributed by atoms with E-state index in [-0.39, 0.29) is 0 Å². The molecule has 0 radical (unpaired) electrons. The first-order valence-corrected chi connectivity index (χ1v) is 8.15. The number of hydrogen-bond acceptors (Lipinski definition) is 6. The molecule has 23 heavy (non-hydrogen) atoms. The van der Waals surface area contributed by atoms with Crippen molar-refractivity contribution < 1.29 is 0 Å². The number of aromatic nitrogens is 4. The minimum absolute atomic E-state index is 0.413. The summed E-state index contributed by atoms with van der Waals surface area (Å²) in [5.41, 5.74) is 3.03. The van der Waals surface area contributed by atoms with Crippen molar-refractivity contribution in [3.8, 4) is 0 Å². The second-order valence-electron chi connectivity index (χ2n) is 6.29. The Labute approximate surface area is 137 Å². The number of aryl methyl sites for hydroxylation is 4. The Balaban J connectivity index is 1.62. The summed E-state index contributed by atoms with van der Waals surface area (Å²) in [7, 11) is 0. The monoisotopic (exact) mass is 312 g/mol. The van der Waals surface area contributed by atoms with Crippen molar-refractivity contribution in [3.63, 3.8) is 0 Å². The van der Waals surface area contributed by atoms with E-state index in [9.17, 15) is 0 Å². The summed E-state index contributed by atoms with van der Waals surface area (Å²) in [4.78, 5) is 20.2. The summed E-state index contributed by atoms with van der Waals surface area (Å²) in [5.74, 6) is 2.62. The maximum absolute atomic E-state index is 4.56. The van der Waals surface area contributed by atoms with Crippen LogP contribution in [-0.4, -0.2) is 39.1 Å². The van der Waals surface area contributed by atoms with Crippen LogP contribution in [0.5, 0.6) is 0 Å². The van der Waals surface area contributed by atoms with E-state index in [2.05, 4.69) is 36.2 Å². The zero-order valence-electron chi connectivity index (χ0n) is 14.3. The average Bonchev–Trinajstić information content (AvgIpc) is 2.46. The highest BCUT2D eigenvalue weighted by molar-refractivity contribution is 5.41. The number of rotatable bonds is 3. The molecule has 1 saturated heterocycles. The van der Waals surface area contributed by atoms with Crippen LogP contribution in [-0.2, 0) is 0 Å². The van der Waals surface area contributed by atoms with E-state index in [1.54, 1.807) is 0 Å². The maximum atomic E-state index is 4.56. The molecular weight excluding hydrogens is 288 g/mol. The van der Waals surface area contributed by atoms with Gasteiger partial charge in [0.1, 0.15) is 11.6 Å². The van der Waals surface area contributed by atoms with Gasteiger partial charge in [0.25, 0.3) is 0 Å². The average molecular weight is 312 g/mol. The molecule has 0 amide bonds. The molecule has 0 aliphatic carbocycles. The van der Waals surface area contributed by atoms with Crippen LogP contribution in [0, 0.1) is 27.7 Å². The van der Waals surface area contributed by atoms with Crippen molar-refractivity contribution in [2.24, 2.45) is 0 Å². The summed E-state index contributed by atoms with van der Waals surface area (Å²) < 4.78 is 0. The van der Waals surface area contributed by atoms with Gasteiger partial charge in [0.05, 0.1) is 0 Å². The van der Waals surface area contributed by atoms with Gasteiger partial charge < -0.3 is 10.2 Å². The van der Waals surface area contributed by atoms with Gasteiger partial charge in [-0.1, -0.05) is 0 Å². The van der Waals surface area contributed by atoms with Crippen molar-refractivity contribution in [2.75, 3.05) is 23.3 Å². The Hall–Kier alpha value is -2.24. The highest BCUT2D eigenvalue weighted by Gasteiger charge is 2.21. The largest absolute Gasteiger partial charge is 0.356 e. The second-order valence-corrected chi connectivity index (χ2v) is 6.29. The molecule has 2 aromatic rings. The summed E-state index contributed by atoms with van der Waals surface area (Å²) in [6.07, 6.45) is 2.11. The Kier molecular flexibility index (Phi) is 4.41. The van der Waals surface area contributed by atoms with E-state index in [1.165, 1.54) is 0 Å². The van der Waals surface area contributed by atoms with Crippen molar-refractivity contribution in [1.82, 2.24) is 19.9 Å². The fourth-order valence-corrected chi connectivity index (χ4v) is 3.09. The molecule has 0 bridgehead atoms. The lowest BCUT2D eigenvalue weighted by Gasteiger charge is -2.33. The van der Waals surface area contributed by atoms with Crippen LogP contribution >= 0.6 is 0 Å². The zero-order chi connectivity index (χ0) is 16.4. The summed E-state index contributed by atoms with van der Waals surface area (Å²) in [6.45, 7) is 9.94. The third-order valence-electron chi connectivity index (χ3n) is 4.09. The predicted octanol–water partition coefficient (Wildman–Crippen LogP) is 2.58. The minimum Gasteiger partial charge on any atom is -0.356 e. The van der Waals surface area contributed by atoms with E-state index in [1.807, 2.05) is 33.8 Å². The van der Waals surface area contributed by atoms with Gasteiger partial charge in [0, 0.05) is 42.3 Å². The third-order valence-corrected chi connectivity index (χ3v) is 4.09. The molecule has 1 N–H and O–H groups in total. The number of piperidine rings is 1. The molecule has 0 unspecified atom stereocenters. The fourth-order valence-electron chi connectivity index (χ4n) is 3.09. The van der Waals surface area contributed by atoms with Gasteiger partial charge in [0.15, 0.2) is 0 Å². The lowest BCUT2D eigenvalue weighted by atomic mass is 10.1. The van der Waals surface area contributed by atoms with E-state index in [0.717, 1.165) is 60.6 Å². The maximum Gasteiger partial charge on any atom is 0.223 e. The fraction of sp³-hybridized carbons (Fsp3) is 0.529. The molecule has 3 rings (SSSR count). The Morgan fingerprint density at radius 1 is 0.870 bits per heavy atom. The van der Waals surface area contributed by atoms with Crippen molar-refractivity contribution in [1.29, 1.82) is 0 Å². The highest BCUT2D eigenvalue weighted by Crippen LogP contribution is 2.20. The van der Waals surface area contributed by atoms with Crippen LogP contribution in [0.4, 0.5) is 11.8 Å². The normalized spacial score (nSPS) is 15.7. The smallest absolute Gasteiger partial charge is 0.223 e. The first-order chi connectivity index (χ1) is 11.0. The number of nitrogens with zero attached hydrogens (tertiary/aromatic N) is 5. The molecule has 1 aliphatic rings. The first kappa shape index (κ1) is 15.6. The number of nitrogens with one attached hydrogen (secondary N) is 1. The van der Waals surface area contributed by atoms with Crippen LogP contribution in [0.2, 0.25) is 0 Å². The summed E-state index contributed by atoms with van der Waals surface area (Å²) in [5, 5.41) is 3.48. The van der Waals surface area contributed by atoms with Crippen molar-refractivity contribution >= 4 is 11.8 Å². The van der Waals surface area contributed by atoms with E-state index in [0.29, 0.717) is 6.04 Å². The lowest BCUT2D eigenvalue weighted by Crippen LogP contribution is -2.40. The minimum atomic E-state index is 0.413. The van der Waals surface area contributed by atoms with Gasteiger partial charge in [-0.25, -0.2) is 19.9 Å². The van der Waals surface area contributed by atoms with Crippen LogP contribution in [0.15, 0.2) is 12.1 Å². The van der Waals surface area contributed by atoms with Crippen molar-refractivity contribution in [2.45, 2.75) is 46.6 Å². The Bertz CT molecular complexity index is 651. The summed E-state index contributed by atoms with van der Waals surface area (Å²) >= 11 is 0. The van der Waals surface area contributed by atoms with Gasteiger partial charge >= 0.3 is 0 Å². The molecule has 0 saturated carbocycles. The SMILES string of the molecule is Cc1cc(N2CCC(Nc3nc(C)cc(C)n3)CC2)nc(C)n1. The van der Waals surface area contributed by atoms with E-state index in [4.69, 9.17) is 0 Å². The van der Waals surface area contributed by atoms with Crippen LogP contribution < -0.4 is 10.2 Å². The summed E-state index contributed by atoms with van der Waals surface area (Å²) in [6, 6.07) is 4.47. The molecule has 6 nitrogen and oxygen atoms in total. The number of anilines is 2. The van der Waals surface area contributed by atoms with Crippen molar-refractivity contribution in [3.05, 3.63) is 35.0 Å². The van der Waals surface area contributed by atoms with Gasteiger partial charge in [0.2, 0.25) is 5.95 Å². The third kappa shape index (κ3) is 3.94. The molecule has 6 heteroatoms. The van der Waals surface area contributed by atoms with E-state index < -0.39 is 0 Å². The molecule has 2 aromatic heterocycles. The van der Waals surface area contributed by atoms with Gasteiger partial charge in [-0.05, 0) is 46.6 Å². The van der Waals surface area contributed by atoms with Gasteiger partial charge in [-0.15, -0.1) is 0 Å². The number of hydrogen-bond donors (Lipinski definition) is 1. The quantitative estimate of drug-likeness (QED) is 0.939.